The Morgan fingerprint density at radius 2 is 1.62 bits per heavy atom. The molecular formula is C38H52O7. The first-order valence-corrected chi connectivity index (χ1v) is 16.5. The average molecular weight is 621 g/mol. The molecule has 7 heteroatoms. The summed E-state index contributed by atoms with van der Waals surface area (Å²) in [5.41, 5.74) is 1.16. The first kappa shape index (κ1) is 37.6. The van der Waals surface area contributed by atoms with Crippen molar-refractivity contribution in [2.75, 3.05) is 6.61 Å². The lowest BCUT2D eigenvalue weighted by atomic mass is 9.86. The number of ether oxygens (including phenoxy) is 3. The molecule has 0 radical (unpaired) electrons. The van der Waals surface area contributed by atoms with E-state index in [4.69, 9.17) is 27.1 Å². The van der Waals surface area contributed by atoms with Crippen LogP contribution < -0.4 is 0 Å². The van der Waals surface area contributed by atoms with E-state index >= 15 is 0 Å². The highest BCUT2D eigenvalue weighted by atomic mass is 16.5. The van der Waals surface area contributed by atoms with Gasteiger partial charge in [-0.3, -0.25) is 14.4 Å². The summed E-state index contributed by atoms with van der Waals surface area (Å²) < 4.78 is 16.4. The molecule has 1 N–H and O–H groups in total. The van der Waals surface area contributed by atoms with Crippen molar-refractivity contribution in [1.29, 1.82) is 0 Å². The van der Waals surface area contributed by atoms with Crippen molar-refractivity contribution in [2.45, 2.75) is 122 Å². The molecule has 1 aromatic rings. The molecule has 1 saturated carbocycles. The molecule has 4 atom stereocenters. The molecule has 246 valence electrons. The van der Waals surface area contributed by atoms with Gasteiger partial charge >= 0.3 is 17.9 Å². The van der Waals surface area contributed by atoms with E-state index in [2.05, 4.69) is 36.1 Å². The topological polar surface area (TPSA) is 99.1 Å². The molecule has 7 nitrogen and oxygen atoms in total. The highest BCUT2D eigenvalue weighted by molar-refractivity contribution is 5.77. The Labute approximate surface area is 270 Å². The predicted octanol–water partition coefficient (Wildman–Crippen LogP) is 6.75. The van der Waals surface area contributed by atoms with Crippen LogP contribution in [-0.2, 0) is 35.0 Å². The largest absolute Gasteiger partial charge is 0.465 e. The van der Waals surface area contributed by atoms with Crippen LogP contribution in [0, 0.1) is 42.4 Å². The number of carbonyl (C=O) groups excluding carboxylic acids is 3. The Morgan fingerprint density at radius 3 is 2.31 bits per heavy atom. The molecule has 2 rings (SSSR count). The number of hydrogen-bond donors (Lipinski definition) is 1. The van der Waals surface area contributed by atoms with Gasteiger partial charge in [-0.1, -0.05) is 42.5 Å². The summed E-state index contributed by atoms with van der Waals surface area (Å²) in [7, 11) is 0. The van der Waals surface area contributed by atoms with Crippen molar-refractivity contribution < 1.29 is 33.7 Å². The zero-order chi connectivity index (χ0) is 32.9. The van der Waals surface area contributed by atoms with E-state index < -0.39 is 11.9 Å². The van der Waals surface area contributed by atoms with Crippen molar-refractivity contribution in [1.82, 2.24) is 0 Å². The lowest BCUT2D eigenvalue weighted by molar-refractivity contribution is -0.154. The lowest BCUT2D eigenvalue weighted by Gasteiger charge is -2.25. The minimum absolute atomic E-state index is 0.0652. The van der Waals surface area contributed by atoms with Crippen LogP contribution in [0.4, 0.5) is 0 Å². The van der Waals surface area contributed by atoms with Gasteiger partial charge in [0.25, 0.3) is 0 Å². The van der Waals surface area contributed by atoms with Crippen molar-refractivity contribution in [3.8, 4) is 24.7 Å². The fraction of sp³-hybridized carbons (Fsp3) is 0.605. The summed E-state index contributed by atoms with van der Waals surface area (Å²) >= 11 is 0. The zero-order valence-electron chi connectivity index (χ0n) is 27.2. The summed E-state index contributed by atoms with van der Waals surface area (Å²) in [4.78, 5) is 36.8. The van der Waals surface area contributed by atoms with Gasteiger partial charge in [0.05, 0.1) is 31.7 Å². The number of unbranched alkanes of at least 4 members (excludes halogenated alkanes) is 1. The second-order valence-electron chi connectivity index (χ2n) is 12.3. The second-order valence-corrected chi connectivity index (χ2v) is 12.3. The van der Waals surface area contributed by atoms with Crippen molar-refractivity contribution in [2.24, 2.45) is 17.8 Å². The van der Waals surface area contributed by atoms with Crippen LogP contribution in [0.15, 0.2) is 42.5 Å². The van der Waals surface area contributed by atoms with Crippen LogP contribution in [0.3, 0.4) is 0 Å². The van der Waals surface area contributed by atoms with E-state index in [1.54, 1.807) is 0 Å². The summed E-state index contributed by atoms with van der Waals surface area (Å²) in [6, 6.07) is 10.1. The van der Waals surface area contributed by atoms with Crippen LogP contribution in [0.25, 0.3) is 0 Å². The number of benzene rings is 1. The predicted molar refractivity (Wildman–Crippen MR) is 176 cm³/mol. The Morgan fingerprint density at radius 1 is 0.933 bits per heavy atom. The van der Waals surface area contributed by atoms with E-state index in [9.17, 15) is 19.5 Å². The van der Waals surface area contributed by atoms with Gasteiger partial charge in [-0.05, 0) is 89.0 Å². The number of rotatable bonds is 21. The zero-order valence-corrected chi connectivity index (χ0v) is 27.2. The van der Waals surface area contributed by atoms with Crippen LogP contribution in [-0.4, -0.2) is 47.9 Å². The van der Waals surface area contributed by atoms with Gasteiger partial charge in [0, 0.05) is 25.2 Å². The molecule has 0 amide bonds. The molecule has 45 heavy (non-hydrogen) atoms. The monoisotopic (exact) mass is 620 g/mol. The highest BCUT2D eigenvalue weighted by Gasteiger charge is 2.34. The molecule has 0 bridgehead atoms. The summed E-state index contributed by atoms with van der Waals surface area (Å²) in [6.07, 6.45) is 22.3. The number of esters is 3. The molecule has 1 aromatic carbocycles. The molecule has 1 fully saturated rings. The first-order valence-electron chi connectivity index (χ1n) is 16.5. The van der Waals surface area contributed by atoms with Crippen molar-refractivity contribution in [3.63, 3.8) is 0 Å². The Balaban J connectivity index is 1.86. The molecule has 0 heterocycles. The number of terminal acetylenes is 2. The van der Waals surface area contributed by atoms with Crippen LogP contribution in [0.1, 0.15) is 103 Å². The third kappa shape index (κ3) is 16.4. The number of aliphatic hydroxyl groups is 1. The van der Waals surface area contributed by atoms with Crippen molar-refractivity contribution in [3.05, 3.63) is 48.0 Å². The van der Waals surface area contributed by atoms with Crippen LogP contribution in [0.5, 0.6) is 0 Å². The molecule has 1 aliphatic carbocycles. The Kier molecular flexibility index (Phi) is 18.4. The number of carbonyl (C=O) groups is 3. The SMILES string of the molecule is C#CCC(CC#C)COC(=O)CCC(=O)O[C@@H](CCc1ccccc1)CC[C@@H]1[C@@H](C/C=C\CCCC(=O)OC(C)C)CC[C@H]1O. The quantitative estimate of drug-likeness (QED) is 0.0534. The fourth-order valence-corrected chi connectivity index (χ4v) is 5.79. The summed E-state index contributed by atoms with van der Waals surface area (Å²) in [6.45, 7) is 3.83. The van der Waals surface area contributed by atoms with Gasteiger partial charge in [-0.2, -0.15) is 0 Å². The summed E-state index contributed by atoms with van der Waals surface area (Å²) in [5.74, 6) is 4.40. The van der Waals surface area contributed by atoms with E-state index in [1.807, 2.05) is 32.0 Å². The third-order valence-corrected chi connectivity index (χ3v) is 8.20. The maximum atomic E-state index is 12.8. The maximum Gasteiger partial charge on any atom is 0.306 e. The Hall–Kier alpha value is -3.55. The van der Waals surface area contributed by atoms with Gasteiger partial charge in [-0.15, -0.1) is 24.7 Å². The molecule has 1 aliphatic rings. The molecule has 0 aliphatic heterocycles. The molecule has 0 aromatic heterocycles. The van der Waals surface area contributed by atoms with E-state index in [0.717, 1.165) is 50.5 Å². The van der Waals surface area contributed by atoms with Gasteiger partial charge in [-0.25, -0.2) is 0 Å². The normalized spacial score (nSPS) is 18.4. The molecular weight excluding hydrogens is 568 g/mol. The maximum absolute atomic E-state index is 12.8. The highest BCUT2D eigenvalue weighted by Crippen LogP contribution is 2.38. The number of hydrogen-bond acceptors (Lipinski definition) is 7. The van der Waals surface area contributed by atoms with E-state index in [0.29, 0.717) is 38.0 Å². The van der Waals surface area contributed by atoms with E-state index in [-0.39, 0.29) is 55.6 Å². The van der Waals surface area contributed by atoms with Crippen molar-refractivity contribution >= 4 is 17.9 Å². The van der Waals surface area contributed by atoms with Crippen LogP contribution >= 0.6 is 0 Å². The molecule has 0 saturated heterocycles. The minimum Gasteiger partial charge on any atom is -0.465 e. The minimum atomic E-state index is -0.479. The van der Waals surface area contributed by atoms with Gasteiger partial charge in [0.1, 0.15) is 6.10 Å². The van der Waals surface area contributed by atoms with Crippen LogP contribution in [0.2, 0.25) is 0 Å². The lowest BCUT2D eigenvalue weighted by Crippen LogP contribution is -2.25. The third-order valence-electron chi connectivity index (χ3n) is 8.20. The number of aliphatic hydroxyl groups excluding tert-OH is 1. The van der Waals surface area contributed by atoms with Gasteiger partial charge < -0.3 is 19.3 Å². The molecule has 0 unspecified atom stereocenters. The number of allylic oxidation sites excluding steroid dienone is 2. The standard InChI is InChI=1S/C38H52O7/c1-5-14-31(15-6-2)28-43-36(40)26-27-38(42)45-33(22-20-30-16-10-9-11-17-30)23-24-34-32(21-25-35(34)39)18-12-7-8-13-19-37(41)44-29(3)4/h1-2,7,9-12,16-17,29,31-35,39H,8,13-15,18-28H2,3-4H3/b12-7-/t32-,33-,34+,35+/m0/s1. The molecule has 0 spiro atoms. The fourth-order valence-electron chi connectivity index (χ4n) is 5.79. The second kappa shape index (κ2) is 22.0. The van der Waals surface area contributed by atoms with E-state index in [1.165, 1.54) is 0 Å². The first-order chi connectivity index (χ1) is 21.7. The average Bonchev–Trinajstić information content (AvgIpc) is 3.36. The summed E-state index contributed by atoms with van der Waals surface area (Å²) in [5, 5.41) is 10.8. The smallest absolute Gasteiger partial charge is 0.306 e. The van der Waals surface area contributed by atoms with Gasteiger partial charge in [0.2, 0.25) is 0 Å². The number of aryl methyl sites for hydroxylation is 1. The van der Waals surface area contributed by atoms with Gasteiger partial charge in [0.15, 0.2) is 0 Å². The Bertz CT molecular complexity index is 1110.